The van der Waals surface area contributed by atoms with Crippen LogP contribution in [-0.2, 0) is 0 Å². The minimum absolute atomic E-state index is 0. The molecule has 1 atom stereocenters. The molecule has 2 rings (SSSR count). The second kappa shape index (κ2) is 6.80. The summed E-state index contributed by atoms with van der Waals surface area (Å²) in [7, 11) is 0. The lowest BCUT2D eigenvalue weighted by molar-refractivity contribution is -0.385. The third kappa shape index (κ3) is 3.79. The summed E-state index contributed by atoms with van der Waals surface area (Å²) >= 11 is 0. The second-order valence-electron chi connectivity index (χ2n) is 6.49. The summed E-state index contributed by atoms with van der Waals surface area (Å²) in [6.45, 7) is 6.12. The molecular formula is C15H21ClFN3O3. The van der Waals surface area contributed by atoms with Crippen molar-refractivity contribution in [3.63, 3.8) is 0 Å². The predicted molar refractivity (Wildman–Crippen MR) is 87.3 cm³/mol. The van der Waals surface area contributed by atoms with Crippen molar-refractivity contribution in [2.45, 2.75) is 33.2 Å². The molecule has 1 aromatic carbocycles. The first-order valence-electron chi connectivity index (χ1n) is 7.13. The SMILES string of the molecule is Cc1cc(F)cc(C(=O)N2CCC(N)C(C)(C)C2)c1[N+](=O)[O-].Cl. The van der Waals surface area contributed by atoms with Crippen LogP contribution in [0, 0.1) is 28.3 Å². The number of nitro benzene ring substituents is 1. The number of carbonyl (C=O) groups is 1. The molecule has 1 heterocycles. The average molecular weight is 346 g/mol. The zero-order chi connectivity index (χ0) is 16.7. The van der Waals surface area contributed by atoms with Crippen LogP contribution >= 0.6 is 12.4 Å². The van der Waals surface area contributed by atoms with Gasteiger partial charge in [0.25, 0.3) is 11.6 Å². The fourth-order valence-corrected chi connectivity index (χ4v) is 2.86. The molecule has 0 spiro atoms. The van der Waals surface area contributed by atoms with E-state index in [1.165, 1.54) is 11.8 Å². The van der Waals surface area contributed by atoms with E-state index in [0.717, 1.165) is 12.1 Å². The minimum Gasteiger partial charge on any atom is -0.338 e. The van der Waals surface area contributed by atoms with E-state index in [0.29, 0.717) is 19.5 Å². The summed E-state index contributed by atoms with van der Waals surface area (Å²) in [5.74, 6) is -1.17. The van der Waals surface area contributed by atoms with Gasteiger partial charge < -0.3 is 10.6 Å². The molecule has 0 radical (unpaired) electrons. The Morgan fingerprint density at radius 2 is 2.09 bits per heavy atom. The first kappa shape index (κ1) is 19.3. The number of carbonyl (C=O) groups excluding carboxylic acids is 1. The Bertz CT molecular complexity index is 637. The highest BCUT2D eigenvalue weighted by molar-refractivity contribution is 5.98. The van der Waals surface area contributed by atoms with Gasteiger partial charge in [0.1, 0.15) is 11.4 Å². The normalized spacial score (nSPS) is 19.9. The number of nitrogens with zero attached hydrogens (tertiary/aromatic N) is 2. The second-order valence-corrected chi connectivity index (χ2v) is 6.49. The molecule has 1 unspecified atom stereocenters. The van der Waals surface area contributed by atoms with Crippen LogP contribution < -0.4 is 5.73 Å². The van der Waals surface area contributed by atoms with Crippen molar-refractivity contribution in [3.05, 3.63) is 39.2 Å². The lowest BCUT2D eigenvalue weighted by atomic mass is 9.79. The van der Waals surface area contributed by atoms with Gasteiger partial charge in [-0.15, -0.1) is 12.4 Å². The molecule has 1 saturated heterocycles. The number of rotatable bonds is 2. The number of hydrogen-bond donors (Lipinski definition) is 1. The van der Waals surface area contributed by atoms with Gasteiger partial charge in [0.2, 0.25) is 0 Å². The summed E-state index contributed by atoms with van der Waals surface area (Å²) < 4.78 is 13.6. The topological polar surface area (TPSA) is 89.5 Å². The van der Waals surface area contributed by atoms with Gasteiger partial charge in [-0.1, -0.05) is 13.8 Å². The Kier molecular flexibility index (Phi) is 5.71. The Balaban J connectivity index is 0.00000264. The van der Waals surface area contributed by atoms with Crippen molar-refractivity contribution in [2.75, 3.05) is 13.1 Å². The molecule has 8 heteroatoms. The summed E-state index contributed by atoms with van der Waals surface area (Å²) in [6.07, 6.45) is 0.612. The zero-order valence-electron chi connectivity index (χ0n) is 13.3. The third-order valence-electron chi connectivity index (χ3n) is 4.28. The Labute approximate surface area is 140 Å². The van der Waals surface area contributed by atoms with E-state index in [-0.39, 0.29) is 40.7 Å². The number of nitro groups is 1. The van der Waals surface area contributed by atoms with Crippen molar-refractivity contribution in [1.82, 2.24) is 4.90 Å². The molecule has 1 aliphatic heterocycles. The molecule has 0 saturated carbocycles. The molecule has 0 aliphatic carbocycles. The van der Waals surface area contributed by atoms with E-state index >= 15 is 0 Å². The molecule has 6 nitrogen and oxygen atoms in total. The maximum Gasteiger partial charge on any atom is 0.285 e. The predicted octanol–water partition coefficient (Wildman–Crippen LogP) is 2.66. The van der Waals surface area contributed by atoms with Crippen LogP contribution in [-0.4, -0.2) is 34.9 Å². The molecule has 0 bridgehead atoms. The number of amides is 1. The van der Waals surface area contributed by atoms with Crippen molar-refractivity contribution < 1.29 is 14.1 Å². The molecule has 0 aromatic heterocycles. The Morgan fingerprint density at radius 3 is 2.61 bits per heavy atom. The minimum atomic E-state index is -0.653. The molecule has 1 fully saturated rings. The lowest BCUT2D eigenvalue weighted by Crippen LogP contribution is -2.54. The summed E-state index contributed by atoms with van der Waals surface area (Å²) in [6, 6.07) is 1.96. The van der Waals surface area contributed by atoms with Gasteiger partial charge in [-0.2, -0.15) is 0 Å². The smallest absolute Gasteiger partial charge is 0.285 e. The van der Waals surface area contributed by atoms with Crippen LogP contribution in [0.3, 0.4) is 0 Å². The zero-order valence-corrected chi connectivity index (χ0v) is 14.2. The van der Waals surface area contributed by atoms with Crippen LogP contribution in [0.4, 0.5) is 10.1 Å². The number of likely N-dealkylation sites (tertiary alicyclic amines) is 1. The first-order chi connectivity index (χ1) is 10.1. The first-order valence-corrected chi connectivity index (χ1v) is 7.13. The molecule has 1 aliphatic rings. The Morgan fingerprint density at radius 1 is 1.48 bits per heavy atom. The molecule has 1 aromatic rings. The molecule has 1 amide bonds. The number of piperidine rings is 1. The van der Waals surface area contributed by atoms with Crippen LogP contribution in [0.15, 0.2) is 12.1 Å². The summed E-state index contributed by atoms with van der Waals surface area (Å²) in [4.78, 5) is 24.7. The van der Waals surface area contributed by atoms with Gasteiger partial charge in [-0.25, -0.2) is 4.39 Å². The fraction of sp³-hybridized carbons (Fsp3) is 0.533. The van der Waals surface area contributed by atoms with E-state index in [4.69, 9.17) is 5.73 Å². The maximum atomic E-state index is 13.6. The van der Waals surface area contributed by atoms with E-state index in [9.17, 15) is 19.3 Å². The van der Waals surface area contributed by atoms with Gasteiger partial charge in [0, 0.05) is 24.7 Å². The van der Waals surface area contributed by atoms with Crippen LogP contribution in [0.1, 0.15) is 36.2 Å². The van der Waals surface area contributed by atoms with Crippen molar-refractivity contribution in [2.24, 2.45) is 11.1 Å². The quantitative estimate of drug-likeness (QED) is 0.659. The number of halogens is 2. The van der Waals surface area contributed by atoms with Gasteiger partial charge in [-0.3, -0.25) is 14.9 Å². The van der Waals surface area contributed by atoms with Gasteiger partial charge in [0.15, 0.2) is 0 Å². The summed E-state index contributed by atoms with van der Waals surface area (Å²) in [5.41, 5.74) is 5.35. The van der Waals surface area contributed by atoms with Gasteiger partial charge >= 0.3 is 0 Å². The molecular weight excluding hydrogens is 325 g/mol. The van der Waals surface area contributed by atoms with E-state index in [2.05, 4.69) is 0 Å². The average Bonchev–Trinajstić information content (AvgIpc) is 2.39. The fourth-order valence-electron chi connectivity index (χ4n) is 2.86. The Hall–Kier alpha value is -1.73. The lowest BCUT2D eigenvalue weighted by Gasteiger charge is -2.42. The number of hydrogen-bond acceptors (Lipinski definition) is 4. The number of nitrogens with two attached hydrogens (primary N) is 1. The number of benzene rings is 1. The third-order valence-corrected chi connectivity index (χ3v) is 4.28. The monoisotopic (exact) mass is 345 g/mol. The highest BCUT2D eigenvalue weighted by Crippen LogP contribution is 2.31. The highest BCUT2D eigenvalue weighted by Gasteiger charge is 2.37. The van der Waals surface area contributed by atoms with E-state index in [1.54, 1.807) is 0 Å². The standard InChI is InChI=1S/C15H20FN3O3.ClH/c1-9-6-10(16)7-11(13(9)19(21)22)14(20)18-5-4-12(17)15(2,3)8-18;/h6-7,12H,4-5,8,17H2,1-3H3;1H. The summed E-state index contributed by atoms with van der Waals surface area (Å²) in [5, 5.41) is 11.2. The van der Waals surface area contributed by atoms with Crippen LogP contribution in [0.2, 0.25) is 0 Å². The highest BCUT2D eigenvalue weighted by atomic mass is 35.5. The maximum absolute atomic E-state index is 13.6. The van der Waals surface area contributed by atoms with E-state index < -0.39 is 16.6 Å². The van der Waals surface area contributed by atoms with Crippen molar-refractivity contribution in [3.8, 4) is 0 Å². The van der Waals surface area contributed by atoms with Crippen molar-refractivity contribution >= 4 is 24.0 Å². The van der Waals surface area contributed by atoms with Gasteiger partial charge in [-0.05, 0) is 30.9 Å². The van der Waals surface area contributed by atoms with Crippen molar-refractivity contribution in [1.29, 1.82) is 0 Å². The molecule has 23 heavy (non-hydrogen) atoms. The largest absolute Gasteiger partial charge is 0.338 e. The molecule has 128 valence electrons. The molecule has 2 N–H and O–H groups in total. The van der Waals surface area contributed by atoms with Crippen LogP contribution in [0.5, 0.6) is 0 Å². The van der Waals surface area contributed by atoms with Gasteiger partial charge in [0.05, 0.1) is 4.92 Å². The number of aryl methyl sites for hydroxylation is 1. The van der Waals surface area contributed by atoms with Crippen LogP contribution in [0.25, 0.3) is 0 Å². The van der Waals surface area contributed by atoms with E-state index in [1.807, 2.05) is 13.8 Å².